The fourth-order valence-corrected chi connectivity index (χ4v) is 2.89. The first-order valence-corrected chi connectivity index (χ1v) is 6.63. The van der Waals surface area contributed by atoms with Gasteiger partial charge in [-0.05, 0) is 42.6 Å². The fourth-order valence-electron chi connectivity index (χ4n) is 2.89. The van der Waals surface area contributed by atoms with Crippen molar-refractivity contribution in [2.24, 2.45) is 0 Å². The van der Waals surface area contributed by atoms with Crippen molar-refractivity contribution in [1.82, 2.24) is 10.3 Å². The molecule has 2 aromatic rings. The van der Waals surface area contributed by atoms with Gasteiger partial charge in [-0.2, -0.15) is 0 Å². The Bertz CT molecular complexity index is 578. The summed E-state index contributed by atoms with van der Waals surface area (Å²) in [6.07, 6.45) is 4.19. The number of rotatable bonds is 3. The molecule has 0 saturated carbocycles. The first-order chi connectivity index (χ1) is 9.33. The molecule has 0 amide bonds. The largest absolute Gasteiger partial charge is 0.481 e. The summed E-state index contributed by atoms with van der Waals surface area (Å²) in [5.74, 6) is 0.657. The maximum Gasteiger partial charge on any atom is 0.212 e. The van der Waals surface area contributed by atoms with Crippen LogP contribution in [0.4, 0.5) is 0 Å². The molecule has 1 aromatic heterocycles. The van der Waals surface area contributed by atoms with Crippen LogP contribution in [0.2, 0.25) is 0 Å². The van der Waals surface area contributed by atoms with Gasteiger partial charge in [0, 0.05) is 23.9 Å². The van der Waals surface area contributed by atoms with E-state index in [9.17, 15) is 0 Å². The smallest absolute Gasteiger partial charge is 0.212 e. The molecular formula is C16H18N2O. The predicted octanol–water partition coefficient (Wildman–Crippen LogP) is 2.96. The Balaban J connectivity index is 2.04. The van der Waals surface area contributed by atoms with Crippen molar-refractivity contribution >= 4 is 0 Å². The van der Waals surface area contributed by atoms with Crippen LogP contribution in [-0.4, -0.2) is 19.1 Å². The van der Waals surface area contributed by atoms with E-state index >= 15 is 0 Å². The highest BCUT2D eigenvalue weighted by atomic mass is 16.5. The zero-order valence-electron chi connectivity index (χ0n) is 11.3. The maximum atomic E-state index is 5.11. The van der Waals surface area contributed by atoms with Crippen molar-refractivity contribution in [2.75, 3.05) is 14.2 Å². The Morgan fingerprint density at radius 2 is 2.16 bits per heavy atom. The second-order valence-corrected chi connectivity index (χ2v) is 4.84. The SMILES string of the molecule is CNC1CCc2c(-c3ccc(OC)nc3)cccc21. The number of methoxy groups -OCH3 is 1. The third kappa shape index (κ3) is 2.10. The van der Waals surface area contributed by atoms with Crippen molar-refractivity contribution < 1.29 is 4.74 Å². The molecule has 1 heterocycles. The monoisotopic (exact) mass is 254 g/mol. The summed E-state index contributed by atoms with van der Waals surface area (Å²) in [5.41, 5.74) is 5.34. The van der Waals surface area contributed by atoms with Gasteiger partial charge in [-0.1, -0.05) is 18.2 Å². The lowest BCUT2D eigenvalue weighted by Gasteiger charge is -2.12. The van der Waals surface area contributed by atoms with E-state index in [-0.39, 0.29) is 0 Å². The third-order valence-electron chi connectivity index (χ3n) is 3.88. The van der Waals surface area contributed by atoms with Gasteiger partial charge in [0.05, 0.1) is 7.11 Å². The number of hydrogen-bond acceptors (Lipinski definition) is 3. The van der Waals surface area contributed by atoms with Crippen molar-refractivity contribution in [2.45, 2.75) is 18.9 Å². The summed E-state index contributed by atoms with van der Waals surface area (Å²) in [6.45, 7) is 0. The van der Waals surface area contributed by atoms with Gasteiger partial charge >= 0.3 is 0 Å². The number of nitrogens with one attached hydrogen (secondary N) is 1. The Labute approximate surface area is 113 Å². The minimum Gasteiger partial charge on any atom is -0.481 e. The molecule has 1 atom stereocenters. The third-order valence-corrected chi connectivity index (χ3v) is 3.88. The zero-order chi connectivity index (χ0) is 13.2. The molecular weight excluding hydrogens is 236 g/mol. The van der Waals surface area contributed by atoms with Gasteiger partial charge in [-0.25, -0.2) is 4.98 Å². The second kappa shape index (κ2) is 5.02. The predicted molar refractivity (Wildman–Crippen MR) is 76.3 cm³/mol. The Morgan fingerprint density at radius 1 is 1.26 bits per heavy atom. The van der Waals surface area contributed by atoms with Crippen LogP contribution in [0.5, 0.6) is 5.88 Å². The second-order valence-electron chi connectivity index (χ2n) is 4.84. The molecule has 1 aromatic carbocycles. The molecule has 1 aliphatic rings. The van der Waals surface area contributed by atoms with Gasteiger partial charge in [0.25, 0.3) is 0 Å². The Kier molecular flexibility index (Phi) is 3.22. The standard InChI is InChI=1S/C16H18N2O/c1-17-15-8-7-13-12(4-3-5-14(13)15)11-6-9-16(19-2)18-10-11/h3-6,9-10,15,17H,7-8H2,1-2H3. The number of nitrogens with zero attached hydrogens (tertiary/aromatic N) is 1. The molecule has 1 N–H and O–H groups in total. The Morgan fingerprint density at radius 3 is 2.84 bits per heavy atom. The van der Waals surface area contributed by atoms with E-state index in [1.807, 2.05) is 19.3 Å². The van der Waals surface area contributed by atoms with Crippen molar-refractivity contribution in [3.05, 3.63) is 47.7 Å². The molecule has 0 saturated heterocycles. The summed E-state index contributed by atoms with van der Waals surface area (Å²) >= 11 is 0. The summed E-state index contributed by atoms with van der Waals surface area (Å²) in [7, 11) is 3.67. The average Bonchev–Trinajstić information content (AvgIpc) is 2.90. The lowest BCUT2D eigenvalue weighted by Crippen LogP contribution is -2.12. The highest BCUT2D eigenvalue weighted by molar-refractivity contribution is 5.69. The lowest BCUT2D eigenvalue weighted by atomic mass is 9.97. The van der Waals surface area contributed by atoms with Crippen LogP contribution >= 0.6 is 0 Å². The van der Waals surface area contributed by atoms with Gasteiger partial charge in [0.15, 0.2) is 0 Å². The molecule has 0 aliphatic heterocycles. The zero-order valence-corrected chi connectivity index (χ0v) is 11.3. The normalized spacial score (nSPS) is 17.3. The molecule has 0 spiro atoms. The maximum absolute atomic E-state index is 5.11. The van der Waals surface area contributed by atoms with Crippen LogP contribution in [0.25, 0.3) is 11.1 Å². The van der Waals surface area contributed by atoms with Crippen LogP contribution in [-0.2, 0) is 6.42 Å². The molecule has 0 radical (unpaired) electrons. The van der Waals surface area contributed by atoms with Gasteiger partial charge in [0.1, 0.15) is 0 Å². The van der Waals surface area contributed by atoms with Gasteiger partial charge in [0.2, 0.25) is 5.88 Å². The molecule has 0 bridgehead atoms. The van der Waals surface area contributed by atoms with E-state index in [1.54, 1.807) is 7.11 Å². The van der Waals surface area contributed by atoms with E-state index in [2.05, 4.69) is 34.6 Å². The summed E-state index contributed by atoms with van der Waals surface area (Å²) < 4.78 is 5.11. The quantitative estimate of drug-likeness (QED) is 0.914. The molecule has 1 unspecified atom stereocenters. The minimum atomic E-state index is 0.487. The summed E-state index contributed by atoms with van der Waals surface area (Å²) in [5, 5.41) is 3.38. The summed E-state index contributed by atoms with van der Waals surface area (Å²) in [4.78, 5) is 4.30. The van der Waals surface area contributed by atoms with E-state index in [4.69, 9.17) is 4.74 Å². The van der Waals surface area contributed by atoms with E-state index in [1.165, 1.54) is 23.1 Å². The lowest BCUT2D eigenvalue weighted by molar-refractivity contribution is 0.398. The molecule has 98 valence electrons. The van der Waals surface area contributed by atoms with Crippen LogP contribution < -0.4 is 10.1 Å². The Hall–Kier alpha value is -1.87. The topological polar surface area (TPSA) is 34.1 Å². The van der Waals surface area contributed by atoms with Gasteiger partial charge in [-0.3, -0.25) is 0 Å². The van der Waals surface area contributed by atoms with Crippen LogP contribution in [0.1, 0.15) is 23.6 Å². The van der Waals surface area contributed by atoms with Crippen LogP contribution in [0, 0.1) is 0 Å². The molecule has 0 fully saturated rings. The number of fused-ring (bicyclic) bond motifs is 1. The van der Waals surface area contributed by atoms with E-state index in [0.29, 0.717) is 11.9 Å². The van der Waals surface area contributed by atoms with Gasteiger partial charge in [-0.15, -0.1) is 0 Å². The van der Waals surface area contributed by atoms with Crippen LogP contribution in [0.15, 0.2) is 36.5 Å². The average molecular weight is 254 g/mol. The van der Waals surface area contributed by atoms with E-state index in [0.717, 1.165) is 12.0 Å². The van der Waals surface area contributed by atoms with Gasteiger partial charge < -0.3 is 10.1 Å². The number of aromatic nitrogens is 1. The number of pyridine rings is 1. The highest BCUT2D eigenvalue weighted by Gasteiger charge is 2.23. The van der Waals surface area contributed by atoms with Crippen LogP contribution in [0.3, 0.4) is 0 Å². The summed E-state index contributed by atoms with van der Waals surface area (Å²) in [6, 6.07) is 11.0. The molecule has 1 aliphatic carbocycles. The van der Waals surface area contributed by atoms with Crippen molar-refractivity contribution in [1.29, 1.82) is 0 Å². The molecule has 3 heteroatoms. The minimum absolute atomic E-state index is 0.487. The van der Waals surface area contributed by atoms with Crippen molar-refractivity contribution in [3.8, 4) is 17.0 Å². The molecule has 3 rings (SSSR count). The molecule has 19 heavy (non-hydrogen) atoms. The number of benzene rings is 1. The first-order valence-electron chi connectivity index (χ1n) is 6.63. The molecule has 3 nitrogen and oxygen atoms in total. The van der Waals surface area contributed by atoms with Crippen molar-refractivity contribution in [3.63, 3.8) is 0 Å². The fraction of sp³-hybridized carbons (Fsp3) is 0.312. The first kappa shape index (κ1) is 12.2. The number of hydrogen-bond donors (Lipinski definition) is 1. The highest BCUT2D eigenvalue weighted by Crippen LogP contribution is 2.37. The number of ether oxygens (including phenoxy) is 1. The van der Waals surface area contributed by atoms with E-state index < -0.39 is 0 Å².